The summed E-state index contributed by atoms with van der Waals surface area (Å²) in [5.41, 5.74) is 29.3. The van der Waals surface area contributed by atoms with Crippen LogP contribution in [0.25, 0.3) is 44.5 Å². The molecule has 4 nitrogen and oxygen atoms in total. The van der Waals surface area contributed by atoms with Gasteiger partial charge < -0.3 is 20.0 Å². The third-order valence-electron chi connectivity index (χ3n) is 24.0. The van der Waals surface area contributed by atoms with Crippen LogP contribution in [-0.2, 0) is 10.8 Å². The second kappa shape index (κ2) is 74.9. The molecule has 2 aliphatic heterocycles. The zero-order chi connectivity index (χ0) is 107. The van der Waals surface area contributed by atoms with Crippen molar-refractivity contribution in [2.45, 2.75) is 129 Å². The topological polar surface area (TPSA) is 21.8 Å². The average molecular weight is 7630 g/mol. The predicted molar refractivity (Wildman–Crippen MR) is 1120 cm³/mol. The van der Waals surface area contributed by atoms with Crippen LogP contribution in [0.1, 0.15) is 112 Å². The SMILES string of the molecule is Cc1cc(Cl)cc(N2c3ccc(C)cc3C3(C)CCCCC23C)c1.Cc1cc(N(c2ccc(-c3ccccc3)cc2)c2ccc(-c3ccccc3)cc2)cc(N2c3ccc(C)cc3C3(C)CCCCC23C)c1.II(I)I(I)I(I)I(I)I(I)I(I)I(I)I(I)I(I)I(I)I(I)I(I)I(I)I(I)I(I)I(I)I(I)I(I)I(I)I(I)I(I)I(I)I(I)I(I)I.c1ccc(-c2ccc(Nc3ccc(-c4ccccc4)cc3)cc2)cc1. The molecule has 12 aromatic rings. The van der Waals surface area contributed by atoms with Crippen molar-refractivity contribution in [3.63, 3.8) is 0 Å². The van der Waals surface area contributed by atoms with E-state index in [2.05, 4.69) is 832 Å². The zero-order valence-electron chi connectivity index (χ0n) is 76.5. The largest absolute Gasteiger partial charge is 0.356 e. The van der Waals surface area contributed by atoms with E-state index in [0.717, 1.165) is 27.8 Å². The Morgan fingerprint density at radius 1 is 0.238 bits per heavy atom. The Morgan fingerprint density at radius 3 is 0.741 bits per heavy atom. The van der Waals surface area contributed by atoms with Crippen molar-refractivity contribution < 1.29 is 0 Å². The van der Waals surface area contributed by atoms with Crippen molar-refractivity contribution in [2.75, 3.05) is 20.0 Å². The molecule has 16 rings (SSSR count). The molecule has 0 amide bonds. The van der Waals surface area contributed by atoms with Crippen molar-refractivity contribution in [1.29, 1.82) is 0 Å². The number of hydrogen-bond donors (Lipinski definition) is 1. The summed E-state index contributed by atoms with van der Waals surface area (Å²) in [6, 6.07) is 105. The van der Waals surface area contributed by atoms with Gasteiger partial charge in [-0.25, -0.2) is 0 Å². The van der Waals surface area contributed by atoms with E-state index in [0.29, 0.717) is 0 Å². The molecular weight excluding hydrogens is 7540 g/mol. The number of nitrogens with zero attached hydrogens (tertiary/aromatic N) is 3. The minimum atomic E-state index is -0.577. The van der Waals surface area contributed by atoms with Crippen molar-refractivity contribution in [3.05, 3.63) is 330 Å². The monoisotopic (exact) mass is 7630 g/mol. The van der Waals surface area contributed by atoms with Crippen molar-refractivity contribution in [3.8, 4) is 44.5 Å². The molecule has 2 saturated carbocycles. The first-order valence-electron chi connectivity index (χ1n) is 42.0. The first kappa shape index (κ1) is 150. The van der Waals surface area contributed by atoms with Crippen LogP contribution >= 0.6 is 685 Å². The number of hydrogen-bond acceptors (Lipinski definition) is 4. The molecule has 4 aliphatic rings. The smallest absolute Gasteiger partial charge is 0.0384 e. The van der Waals surface area contributed by atoms with Gasteiger partial charge in [0.15, 0.2) is 0 Å². The molecule has 2 fully saturated rings. The second-order valence-corrected chi connectivity index (χ2v) is 1200. The molecule has 0 aromatic heterocycles. The molecule has 834 valence electrons. The van der Waals surface area contributed by atoms with E-state index >= 15 is 0 Å². The fourth-order valence-electron chi connectivity index (χ4n) is 17.3. The van der Waals surface area contributed by atoms with E-state index in [1.807, 2.05) is 18.2 Å². The number of fused-ring (bicyclic) bond motifs is 6. The van der Waals surface area contributed by atoms with Gasteiger partial charge in [0.05, 0.1) is 11.1 Å². The molecular formula is C92H89ClI50N4. The summed E-state index contributed by atoms with van der Waals surface area (Å²) in [4.78, 5) is 7.71. The summed E-state index contributed by atoms with van der Waals surface area (Å²) in [5, 5.41) is 4.29. The van der Waals surface area contributed by atoms with Gasteiger partial charge in [0.25, 0.3) is 0 Å². The zero-order valence-corrected chi connectivity index (χ0v) is 185. The van der Waals surface area contributed by atoms with E-state index < -0.39 is 189 Å². The molecule has 12 aromatic carbocycles. The Morgan fingerprint density at radius 2 is 0.476 bits per heavy atom. The van der Waals surface area contributed by atoms with Crippen molar-refractivity contribution >= 4 is 736 Å². The van der Waals surface area contributed by atoms with Crippen LogP contribution in [0, 0.1) is 27.7 Å². The average Bonchev–Trinajstić information content (AvgIpc) is 1.54. The van der Waals surface area contributed by atoms with Gasteiger partial charge in [-0.15, -0.1) is 0 Å². The fraction of sp³-hybridized carbons (Fsp3) is 0.217. The van der Waals surface area contributed by atoms with Crippen LogP contribution in [0.2, 0.25) is 5.02 Å². The Labute approximate surface area is 1210 Å². The summed E-state index contributed by atoms with van der Waals surface area (Å²) in [6.07, 6.45) is 10.1. The van der Waals surface area contributed by atoms with Gasteiger partial charge in [-0.2, -0.15) is 0 Å². The molecule has 4 atom stereocenters. The number of anilines is 9. The number of benzene rings is 12. The molecule has 147 heavy (non-hydrogen) atoms. The van der Waals surface area contributed by atoms with Gasteiger partial charge in [0, 0.05) is 67.0 Å². The predicted octanol–water partition coefficient (Wildman–Crippen LogP) is 70.6. The molecule has 0 saturated heterocycles. The molecule has 4 unspecified atom stereocenters. The van der Waals surface area contributed by atoms with Crippen LogP contribution < -0.4 is 20.0 Å². The fourth-order valence-corrected chi connectivity index (χ4v) is 9240. The van der Waals surface area contributed by atoms with Crippen LogP contribution in [0.15, 0.2) is 291 Å². The Hall–Kier alpha value is 26.6. The summed E-state index contributed by atoms with van der Waals surface area (Å²) in [5.74, 6) is 0. The van der Waals surface area contributed by atoms with E-state index in [1.54, 1.807) is 0 Å². The van der Waals surface area contributed by atoms with Crippen LogP contribution in [0.5, 0.6) is 0 Å². The Bertz CT molecular complexity index is 6000. The first-order chi connectivity index (χ1) is 69.7. The first-order valence-corrected chi connectivity index (χ1v) is 350. The van der Waals surface area contributed by atoms with Gasteiger partial charge in [-0.05, 0) is 231 Å². The molecule has 55 heteroatoms. The maximum Gasteiger partial charge on any atom is 0.0384 e. The van der Waals surface area contributed by atoms with E-state index in [-0.39, 0.29) is 21.9 Å². The van der Waals surface area contributed by atoms with Crippen LogP contribution in [0.4, 0.5) is 51.2 Å². The van der Waals surface area contributed by atoms with Gasteiger partial charge in [-0.1, -0.05) is 256 Å². The second-order valence-electron chi connectivity index (χ2n) is 32.4. The number of nitrogens with one attached hydrogen (secondary N) is 1. The maximum atomic E-state index is 6.41. The van der Waals surface area contributed by atoms with Crippen LogP contribution in [-0.4, -0.2) is 11.1 Å². The minimum absolute atomic E-state index is 0.00589. The van der Waals surface area contributed by atoms with Gasteiger partial charge in [-0.3, -0.25) is 0 Å². The molecule has 0 spiro atoms. The normalized spacial score (nSPS) is 19.3. The third kappa shape index (κ3) is 41.4. The number of rotatable bonds is 34. The van der Waals surface area contributed by atoms with Gasteiger partial charge in [0.2, 0.25) is 0 Å². The van der Waals surface area contributed by atoms with E-state index in [1.165, 1.54) is 158 Å². The van der Waals surface area contributed by atoms with Crippen molar-refractivity contribution in [1.82, 2.24) is 0 Å². The molecule has 2 aliphatic carbocycles. The standard InChI is InChI=1S/C46H44N2.C24H19N.C22H26ClN.I50/c1-33-17-26-44-43(31-33)45(3)27-11-12-28-46(45,4)48(44)42-30-34(2)29-41(32-42)47(39-22-18-37(19-23-39)35-13-7-5-8-14-35)40-24-20-38(21-25-40)36-15-9-6-10-16-36;1-3-7-19(8-4-1)21-11-15-23(16-12-21)25-24-17-13-22(14-18-24)20-9-5-2-6-10-20;1-15-7-8-20-19(13-15)21(3)9-5-6-10-22(21,4)24(20)18-12-16(2)11-17(23)14-18;1-27(2)29(5)31(7)33(9)35(11)37(13)39(15)41(17)43(19)45(21)47(23)49(25)50(26)48(24)46(22)44(20)42(18)40(16)38(14)36(12)34(10)32(8)30(6)28(3)4/h5-10,13-26,29-32H,11-12,27-28H2,1-4H3;1-18,25H;7-8,11-14H,5-6,9-10H2,1-4H3;. The van der Waals surface area contributed by atoms with E-state index in [4.69, 9.17) is 11.6 Å². The summed E-state index contributed by atoms with van der Waals surface area (Å²) in [6.45, 7) is 18.8. The number of aryl methyl sites for hydroxylation is 4. The van der Waals surface area contributed by atoms with Crippen LogP contribution in [0.3, 0.4) is 0 Å². The molecule has 0 radical (unpaired) electrons. The third-order valence-corrected chi connectivity index (χ3v) is 3820. The summed E-state index contributed by atoms with van der Waals surface area (Å²) < 4.78 is 0. The molecule has 2 heterocycles. The Kier molecular flexibility index (Phi) is 76.5. The van der Waals surface area contributed by atoms with Gasteiger partial charge >= 0.3 is 673 Å². The molecule has 0 bridgehead atoms. The van der Waals surface area contributed by atoms with E-state index in [9.17, 15) is 0 Å². The minimum Gasteiger partial charge on any atom is -0.356 e. The summed E-state index contributed by atoms with van der Waals surface area (Å²) in [7, 11) is -12.8. The van der Waals surface area contributed by atoms with Gasteiger partial charge in [0.1, 0.15) is 0 Å². The van der Waals surface area contributed by atoms with Crippen molar-refractivity contribution in [2.24, 2.45) is 0 Å². The quantitative estimate of drug-likeness (QED) is 0.0406. The maximum absolute atomic E-state index is 6.41. The molecule has 1 N–H and O–H groups in total. The number of halogens is 51. The Balaban J connectivity index is 0.000000171. The summed E-state index contributed by atoms with van der Waals surface area (Å²) >= 11 is 91.3.